The number of rotatable bonds is 1. The SMILES string of the molecule is [NH]NC(=O)c1ccccc1. The van der Waals surface area contributed by atoms with E-state index in [0.29, 0.717) is 5.56 Å². The van der Waals surface area contributed by atoms with Crippen LogP contribution in [0.4, 0.5) is 0 Å². The molecule has 51 valence electrons. The van der Waals surface area contributed by atoms with E-state index >= 15 is 0 Å². The third kappa shape index (κ3) is 1.33. The minimum atomic E-state index is -0.374. The molecule has 1 radical (unpaired) electrons. The van der Waals surface area contributed by atoms with E-state index in [1.54, 1.807) is 29.7 Å². The Hall–Kier alpha value is -1.35. The molecule has 0 fully saturated rings. The van der Waals surface area contributed by atoms with Crippen molar-refractivity contribution in [2.45, 2.75) is 0 Å². The predicted molar refractivity (Wildman–Crippen MR) is 37.0 cm³/mol. The van der Waals surface area contributed by atoms with E-state index in [4.69, 9.17) is 5.84 Å². The monoisotopic (exact) mass is 135 g/mol. The molecule has 3 heteroatoms. The minimum Gasteiger partial charge on any atom is -0.272 e. The molecule has 0 spiro atoms. The van der Waals surface area contributed by atoms with Crippen molar-refractivity contribution in [3.05, 3.63) is 35.9 Å². The molecule has 1 amide bonds. The zero-order chi connectivity index (χ0) is 7.40. The van der Waals surface area contributed by atoms with Crippen LogP contribution in [0.1, 0.15) is 10.4 Å². The van der Waals surface area contributed by atoms with Crippen LogP contribution < -0.4 is 11.3 Å². The number of hydrogen-bond acceptors (Lipinski definition) is 1. The maximum Gasteiger partial charge on any atom is 0.266 e. The van der Waals surface area contributed by atoms with Crippen molar-refractivity contribution < 1.29 is 4.79 Å². The van der Waals surface area contributed by atoms with E-state index in [-0.39, 0.29) is 5.91 Å². The maximum atomic E-state index is 10.7. The van der Waals surface area contributed by atoms with Crippen molar-refractivity contribution in [2.24, 2.45) is 0 Å². The second-order valence-corrected chi connectivity index (χ2v) is 1.82. The summed E-state index contributed by atoms with van der Waals surface area (Å²) in [6.45, 7) is 0. The van der Waals surface area contributed by atoms with Gasteiger partial charge in [-0.3, -0.25) is 10.2 Å². The van der Waals surface area contributed by atoms with E-state index in [9.17, 15) is 4.79 Å². The van der Waals surface area contributed by atoms with Gasteiger partial charge in [0.05, 0.1) is 0 Å². The first kappa shape index (κ1) is 6.77. The Bertz CT molecular complexity index is 220. The van der Waals surface area contributed by atoms with E-state index in [2.05, 4.69) is 0 Å². The number of benzene rings is 1. The molecule has 0 aliphatic rings. The summed E-state index contributed by atoms with van der Waals surface area (Å²) in [5.74, 6) is 6.17. The molecule has 0 aromatic heterocycles. The van der Waals surface area contributed by atoms with Gasteiger partial charge in [-0.2, -0.15) is 5.84 Å². The van der Waals surface area contributed by atoms with Crippen LogP contribution >= 0.6 is 0 Å². The van der Waals surface area contributed by atoms with Gasteiger partial charge in [-0.25, -0.2) is 0 Å². The highest BCUT2D eigenvalue weighted by Gasteiger charge is 1.98. The van der Waals surface area contributed by atoms with Gasteiger partial charge in [0.2, 0.25) is 0 Å². The van der Waals surface area contributed by atoms with Gasteiger partial charge < -0.3 is 0 Å². The van der Waals surface area contributed by atoms with Crippen LogP contribution in [-0.2, 0) is 0 Å². The van der Waals surface area contributed by atoms with Gasteiger partial charge in [0.1, 0.15) is 0 Å². The lowest BCUT2D eigenvalue weighted by Crippen LogP contribution is -2.20. The highest BCUT2D eigenvalue weighted by molar-refractivity contribution is 5.93. The molecule has 0 atom stereocenters. The summed E-state index contributed by atoms with van der Waals surface area (Å²) in [5, 5.41) is 0. The van der Waals surface area contributed by atoms with Gasteiger partial charge in [-0.05, 0) is 12.1 Å². The van der Waals surface area contributed by atoms with Gasteiger partial charge in [-0.1, -0.05) is 18.2 Å². The smallest absolute Gasteiger partial charge is 0.266 e. The van der Waals surface area contributed by atoms with Crippen molar-refractivity contribution in [1.29, 1.82) is 0 Å². The van der Waals surface area contributed by atoms with Crippen LogP contribution in [0.3, 0.4) is 0 Å². The highest BCUT2D eigenvalue weighted by atomic mass is 16.2. The molecular formula is C7H7N2O. The second-order valence-electron chi connectivity index (χ2n) is 1.82. The van der Waals surface area contributed by atoms with Gasteiger partial charge in [0.25, 0.3) is 5.91 Å². The van der Waals surface area contributed by atoms with Gasteiger partial charge in [-0.15, -0.1) is 0 Å². The van der Waals surface area contributed by atoms with Crippen molar-refractivity contribution in [1.82, 2.24) is 11.3 Å². The molecule has 1 aromatic carbocycles. The number of hydrogen-bond donors (Lipinski definition) is 1. The lowest BCUT2D eigenvalue weighted by atomic mass is 10.2. The van der Waals surface area contributed by atoms with Crippen LogP contribution in [0.15, 0.2) is 30.3 Å². The van der Waals surface area contributed by atoms with Crippen molar-refractivity contribution in [3.8, 4) is 0 Å². The Morgan fingerprint density at radius 1 is 1.30 bits per heavy atom. The molecule has 0 unspecified atom stereocenters. The van der Waals surface area contributed by atoms with Crippen LogP contribution in [-0.4, -0.2) is 5.91 Å². The maximum absolute atomic E-state index is 10.7. The molecule has 0 heterocycles. The topological polar surface area (TPSA) is 52.9 Å². The van der Waals surface area contributed by atoms with Gasteiger partial charge >= 0.3 is 0 Å². The molecule has 1 rings (SSSR count). The quantitative estimate of drug-likeness (QED) is 0.563. The first-order valence-electron chi connectivity index (χ1n) is 2.86. The van der Waals surface area contributed by atoms with Crippen molar-refractivity contribution >= 4 is 5.91 Å². The Labute approximate surface area is 58.8 Å². The van der Waals surface area contributed by atoms with E-state index in [0.717, 1.165) is 0 Å². The fraction of sp³-hybridized carbons (Fsp3) is 0. The first-order valence-corrected chi connectivity index (χ1v) is 2.86. The molecular weight excluding hydrogens is 128 g/mol. The second kappa shape index (κ2) is 2.98. The van der Waals surface area contributed by atoms with Crippen molar-refractivity contribution in [3.63, 3.8) is 0 Å². The molecule has 1 aromatic rings. The molecule has 0 saturated heterocycles. The summed E-state index contributed by atoms with van der Waals surface area (Å²) in [6, 6.07) is 8.64. The standard InChI is InChI=1S/C7H7N2O/c8-9-7(10)6-4-2-1-3-5-6/h1-5,8H,(H,9,10). The van der Waals surface area contributed by atoms with Crippen LogP contribution in [0.2, 0.25) is 0 Å². The Morgan fingerprint density at radius 2 is 1.90 bits per heavy atom. The summed E-state index contributed by atoms with van der Waals surface area (Å²) >= 11 is 0. The number of nitrogens with one attached hydrogen (secondary N) is 2. The van der Waals surface area contributed by atoms with E-state index in [1.807, 2.05) is 6.07 Å². The average molecular weight is 135 g/mol. The molecule has 0 saturated carbocycles. The third-order valence-corrected chi connectivity index (χ3v) is 1.15. The fourth-order valence-electron chi connectivity index (χ4n) is 0.662. The predicted octanol–water partition coefficient (Wildman–Crippen LogP) is 0.614. The Balaban J connectivity index is 2.85. The summed E-state index contributed by atoms with van der Waals surface area (Å²) in [7, 11) is 0. The van der Waals surface area contributed by atoms with Crippen LogP contribution in [0.25, 0.3) is 0 Å². The summed E-state index contributed by atoms with van der Waals surface area (Å²) in [4.78, 5) is 10.7. The zero-order valence-corrected chi connectivity index (χ0v) is 5.29. The molecule has 10 heavy (non-hydrogen) atoms. The number of carbonyl (C=O) groups excluding carboxylic acids is 1. The summed E-state index contributed by atoms with van der Waals surface area (Å²) in [6.07, 6.45) is 0. The van der Waals surface area contributed by atoms with Gasteiger partial charge in [0.15, 0.2) is 0 Å². The Morgan fingerprint density at radius 3 is 2.40 bits per heavy atom. The Kier molecular flexibility index (Phi) is 2.02. The van der Waals surface area contributed by atoms with Crippen molar-refractivity contribution in [2.75, 3.05) is 0 Å². The number of amides is 1. The van der Waals surface area contributed by atoms with Gasteiger partial charge in [0, 0.05) is 5.56 Å². The summed E-state index contributed by atoms with van der Waals surface area (Å²) in [5.41, 5.74) is 2.30. The molecule has 0 aliphatic heterocycles. The molecule has 0 bridgehead atoms. The van der Waals surface area contributed by atoms with E-state index < -0.39 is 0 Å². The fourth-order valence-corrected chi connectivity index (χ4v) is 0.662. The normalized spacial score (nSPS) is 8.90. The molecule has 2 N–H and O–H groups in total. The van der Waals surface area contributed by atoms with E-state index in [1.165, 1.54) is 0 Å². The largest absolute Gasteiger partial charge is 0.272 e. The lowest BCUT2D eigenvalue weighted by Gasteiger charge is -1.94. The van der Waals surface area contributed by atoms with Crippen LogP contribution in [0, 0.1) is 0 Å². The summed E-state index contributed by atoms with van der Waals surface area (Å²) < 4.78 is 0. The lowest BCUT2D eigenvalue weighted by molar-refractivity contribution is 0.0950. The molecule has 3 nitrogen and oxygen atoms in total. The highest BCUT2D eigenvalue weighted by Crippen LogP contribution is 1.96. The number of carbonyl (C=O) groups is 1. The minimum absolute atomic E-state index is 0.374. The zero-order valence-electron chi connectivity index (χ0n) is 5.29. The third-order valence-electron chi connectivity index (χ3n) is 1.15. The molecule has 0 aliphatic carbocycles. The van der Waals surface area contributed by atoms with Crippen LogP contribution in [0.5, 0.6) is 0 Å². The average Bonchev–Trinajstić information content (AvgIpc) is 2.05. The first-order chi connectivity index (χ1) is 4.84.